The van der Waals surface area contributed by atoms with E-state index in [2.05, 4.69) is 17.6 Å². The Morgan fingerprint density at radius 3 is 2.28 bits per heavy atom. The molecular formula is C21H30Cl3FN2O2. The summed E-state index contributed by atoms with van der Waals surface area (Å²) in [5.74, 6) is 0.865. The lowest BCUT2D eigenvalue weighted by Crippen LogP contribution is -2.21. The molecule has 0 aliphatic carbocycles. The Bertz CT molecular complexity index is 703. The highest BCUT2D eigenvalue weighted by Crippen LogP contribution is 2.37. The maximum atomic E-state index is 13.0. The summed E-state index contributed by atoms with van der Waals surface area (Å²) in [6.07, 6.45) is 1.07. The van der Waals surface area contributed by atoms with Crippen molar-refractivity contribution in [3.05, 3.63) is 58.4 Å². The minimum atomic E-state index is -0.269. The lowest BCUT2D eigenvalue weighted by molar-refractivity contribution is 0.269. The molecule has 0 spiro atoms. The fourth-order valence-corrected chi connectivity index (χ4v) is 2.90. The lowest BCUT2D eigenvalue weighted by atomic mass is 10.2. The van der Waals surface area contributed by atoms with Crippen LogP contribution in [0.4, 0.5) is 4.39 Å². The van der Waals surface area contributed by atoms with E-state index >= 15 is 0 Å². The third-order valence-corrected chi connectivity index (χ3v) is 4.23. The average molecular weight is 468 g/mol. The van der Waals surface area contributed by atoms with Crippen LogP contribution in [0.1, 0.15) is 31.4 Å². The van der Waals surface area contributed by atoms with Crippen molar-refractivity contribution >= 4 is 36.4 Å². The number of benzene rings is 2. The molecule has 2 aromatic rings. The smallest absolute Gasteiger partial charge is 0.180 e. The molecule has 0 aliphatic rings. The summed E-state index contributed by atoms with van der Waals surface area (Å²) in [6.45, 7) is 8.47. The van der Waals surface area contributed by atoms with E-state index in [1.54, 1.807) is 12.1 Å². The molecule has 2 aromatic carbocycles. The molecule has 2 N–H and O–H groups in total. The van der Waals surface area contributed by atoms with E-state index < -0.39 is 0 Å². The number of halogens is 4. The molecule has 4 nitrogen and oxygen atoms in total. The van der Waals surface area contributed by atoms with Crippen molar-refractivity contribution in [3.8, 4) is 11.5 Å². The van der Waals surface area contributed by atoms with E-state index in [0.29, 0.717) is 36.3 Å². The molecule has 0 aromatic heterocycles. The zero-order valence-electron chi connectivity index (χ0n) is 16.8. The minimum Gasteiger partial charge on any atom is -0.490 e. The second-order valence-electron chi connectivity index (χ2n) is 6.14. The van der Waals surface area contributed by atoms with Crippen molar-refractivity contribution in [2.75, 3.05) is 26.2 Å². The summed E-state index contributed by atoms with van der Waals surface area (Å²) in [4.78, 5) is 0. The molecule has 0 atom stereocenters. The molecule has 8 heteroatoms. The normalized spacial score (nSPS) is 10.1. The van der Waals surface area contributed by atoms with E-state index in [4.69, 9.17) is 21.1 Å². The summed E-state index contributed by atoms with van der Waals surface area (Å²) < 4.78 is 24.6. The van der Waals surface area contributed by atoms with Crippen LogP contribution in [0.15, 0.2) is 36.4 Å². The van der Waals surface area contributed by atoms with E-state index in [9.17, 15) is 4.39 Å². The van der Waals surface area contributed by atoms with Gasteiger partial charge in [-0.25, -0.2) is 4.39 Å². The van der Waals surface area contributed by atoms with Crippen molar-refractivity contribution in [2.24, 2.45) is 0 Å². The number of ether oxygens (including phenoxy) is 2. The highest BCUT2D eigenvalue weighted by Gasteiger charge is 2.13. The maximum Gasteiger partial charge on any atom is 0.180 e. The van der Waals surface area contributed by atoms with Gasteiger partial charge in [-0.3, -0.25) is 0 Å². The molecule has 0 radical (unpaired) electrons. The van der Waals surface area contributed by atoms with Crippen LogP contribution >= 0.6 is 36.4 Å². The van der Waals surface area contributed by atoms with Gasteiger partial charge in [-0.05, 0) is 68.4 Å². The number of hydrogen-bond donors (Lipinski definition) is 2. The van der Waals surface area contributed by atoms with Crippen molar-refractivity contribution < 1.29 is 13.9 Å². The van der Waals surface area contributed by atoms with Gasteiger partial charge in [0.1, 0.15) is 12.4 Å². The molecule has 0 fully saturated rings. The Labute approximate surface area is 190 Å². The Morgan fingerprint density at radius 1 is 0.931 bits per heavy atom. The van der Waals surface area contributed by atoms with Gasteiger partial charge in [0, 0.05) is 6.54 Å². The monoisotopic (exact) mass is 466 g/mol. The summed E-state index contributed by atoms with van der Waals surface area (Å²) in [6, 6.07) is 10.0. The van der Waals surface area contributed by atoms with Gasteiger partial charge < -0.3 is 20.1 Å². The highest BCUT2D eigenvalue weighted by molar-refractivity contribution is 6.32. The van der Waals surface area contributed by atoms with E-state index in [1.807, 2.05) is 19.1 Å². The molecule has 0 bridgehead atoms. The van der Waals surface area contributed by atoms with Gasteiger partial charge in [0.2, 0.25) is 0 Å². The Kier molecular flexibility index (Phi) is 14.9. The molecular weight excluding hydrogens is 438 g/mol. The van der Waals surface area contributed by atoms with Crippen LogP contribution in [0.5, 0.6) is 11.5 Å². The first-order valence-corrected chi connectivity index (χ1v) is 9.75. The summed E-state index contributed by atoms with van der Waals surface area (Å²) in [5, 5.41) is 7.22. The molecule has 0 saturated heterocycles. The van der Waals surface area contributed by atoms with Crippen LogP contribution in [0, 0.1) is 5.82 Å². The Morgan fingerprint density at radius 2 is 1.62 bits per heavy atom. The second-order valence-corrected chi connectivity index (χ2v) is 6.54. The van der Waals surface area contributed by atoms with Crippen LogP contribution in [0.3, 0.4) is 0 Å². The topological polar surface area (TPSA) is 42.5 Å². The maximum absolute atomic E-state index is 13.0. The summed E-state index contributed by atoms with van der Waals surface area (Å²) in [7, 11) is 0. The number of rotatable bonds is 12. The predicted octanol–water partition coefficient (Wildman–Crippen LogP) is 5.39. The van der Waals surface area contributed by atoms with Gasteiger partial charge in [-0.1, -0.05) is 30.7 Å². The molecule has 0 saturated carbocycles. The molecule has 0 amide bonds. The van der Waals surface area contributed by atoms with Crippen molar-refractivity contribution in [1.82, 2.24) is 10.6 Å². The van der Waals surface area contributed by atoms with Gasteiger partial charge in [-0.2, -0.15) is 0 Å². The predicted molar refractivity (Wildman–Crippen MR) is 123 cm³/mol. The fraction of sp³-hybridized carbons (Fsp3) is 0.429. The zero-order chi connectivity index (χ0) is 19.5. The first kappa shape index (κ1) is 27.8. The fourth-order valence-electron chi connectivity index (χ4n) is 2.61. The van der Waals surface area contributed by atoms with E-state index in [-0.39, 0.29) is 30.6 Å². The quantitative estimate of drug-likeness (QED) is 0.411. The van der Waals surface area contributed by atoms with E-state index in [1.165, 1.54) is 12.1 Å². The van der Waals surface area contributed by atoms with Gasteiger partial charge in [0.05, 0.1) is 11.6 Å². The zero-order valence-corrected chi connectivity index (χ0v) is 19.2. The third-order valence-electron chi connectivity index (χ3n) is 3.95. The molecule has 0 unspecified atom stereocenters. The lowest BCUT2D eigenvalue weighted by Gasteiger charge is -2.16. The van der Waals surface area contributed by atoms with Crippen LogP contribution in [-0.2, 0) is 13.2 Å². The molecule has 0 aliphatic heterocycles. The first-order valence-electron chi connectivity index (χ1n) is 9.38. The minimum absolute atomic E-state index is 0. The first-order chi connectivity index (χ1) is 13.1. The number of nitrogens with one attached hydrogen (secondary N) is 2. The molecule has 0 heterocycles. The highest BCUT2D eigenvalue weighted by atomic mass is 35.5. The summed E-state index contributed by atoms with van der Waals surface area (Å²) in [5.41, 5.74) is 1.90. The van der Waals surface area contributed by atoms with Crippen molar-refractivity contribution in [3.63, 3.8) is 0 Å². The molecule has 29 heavy (non-hydrogen) atoms. The van der Waals surface area contributed by atoms with Gasteiger partial charge in [-0.15, -0.1) is 24.8 Å². The standard InChI is InChI=1S/C21H28ClFN2O2.2ClH/c1-3-24-10-5-11-25-14-17-12-19(22)21(20(13-17)26-4-2)27-15-16-6-8-18(23)9-7-16;;/h6-9,12-13,24-25H,3-5,10-11,14-15H2,1-2H3;2*1H. The van der Waals surface area contributed by atoms with Crippen LogP contribution < -0.4 is 20.1 Å². The third kappa shape index (κ3) is 9.87. The van der Waals surface area contributed by atoms with Gasteiger partial charge in [0.15, 0.2) is 11.5 Å². The summed E-state index contributed by atoms with van der Waals surface area (Å²) >= 11 is 6.44. The van der Waals surface area contributed by atoms with Crippen molar-refractivity contribution in [2.45, 2.75) is 33.4 Å². The Balaban J connectivity index is 0.00000392. The molecule has 164 valence electrons. The van der Waals surface area contributed by atoms with Crippen LogP contribution in [0.2, 0.25) is 5.02 Å². The molecule has 2 rings (SSSR count). The van der Waals surface area contributed by atoms with Crippen LogP contribution in [0.25, 0.3) is 0 Å². The second kappa shape index (κ2) is 15.6. The SMILES string of the molecule is CCNCCCNCc1cc(Cl)c(OCc2ccc(F)cc2)c(OCC)c1.Cl.Cl. The largest absolute Gasteiger partial charge is 0.490 e. The Hall–Kier alpha value is -1.24. The van der Waals surface area contributed by atoms with Gasteiger partial charge >= 0.3 is 0 Å². The van der Waals surface area contributed by atoms with Gasteiger partial charge in [0.25, 0.3) is 0 Å². The average Bonchev–Trinajstić information content (AvgIpc) is 2.65. The number of hydrogen-bond acceptors (Lipinski definition) is 4. The van der Waals surface area contributed by atoms with Crippen LogP contribution in [-0.4, -0.2) is 26.2 Å². The van der Waals surface area contributed by atoms with Crippen molar-refractivity contribution in [1.29, 1.82) is 0 Å². The van der Waals surface area contributed by atoms with E-state index in [0.717, 1.165) is 37.2 Å².